The van der Waals surface area contributed by atoms with Crippen LogP contribution < -0.4 is 23.7 Å². The van der Waals surface area contributed by atoms with Crippen molar-refractivity contribution in [3.8, 4) is 28.7 Å². The monoisotopic (exact) mass is 426 g/mol. The van der Waals surface area contributed by atoms with Crippen LogP contribution in [-0.2, 0) is 19.1 Å². The van der Waals surface area contributed by atoms with Crippen molar-refractivity contribution in [2.45, 2.75) is 12.8 Å². The van der Waals surface area contributed by atoms with Crippen LogP contribution in [0.2, 0.25) is 0 Å². The number of para-hydroxylation sites is 1. The first-order valence-electron chi connectivity index (χ1n) is 9.51. The summed E-state index contributed by atoms with van der Waals surface area (Å²) >= 11 is 0. The first-order chi connectivity index (χ1) is 15.1. The lowest BCUT2D eigenvalue weighted by Gasteiger charge is -2.22. The molecule has 0 amide bonds. The molecule has 0 saturated carbocycles. The van der Waals surface area contributed by atoms with Crippen molar-refractivity contribution in [1.82, 2.24) is 0 Å². The minimum Gasteiger partial charge on any atom is -0.497 e. The quantitative estimate of drug-likeness (QED) is 0.528. The number of carbonyl (C=O) groups excluding carboxylic acids is 2. The second-order valence-corrected chi connectivity index (χ2v) is 6.97. The van der Waals surface area contributed by atoms with E-state index in [1.807, 2.05) is 6.07 Å². The molecule has 0 spiro atoms. The maximum Gasteiger partial charge on any atom is 0.339 e. The van der Waals surface area contributed by atoms with Gasteiger partial charge in [0.1, 0.15) is 18.1 Å². The van der Waals surface area contributed by atoms with E-state index in [2.05, 4.69) is 0 Å². The molecule has 1 unspecified atom stereocenters. The SMILES string of the molecule is COC1=C(C(c2cc3c(cc2OC(C)=O)OCO3)c2cccc3c2OCO3)C(=O)OC1. The Morgan fingerprint density at radius 2 is 1.71 bits per heavy atom. The molecule has 0 N–H and O–H groups in total. The van der Waals surface area contributed by atoms with E-state index in [0.29, 0.717) is 39.9 Å². The average Bonchev–Trinajstić information content (AvgIpc) is 3.48. The molecule has 1 atom stereocenters. The number of ether oxygens (including phenoxy) is 7. The van der Waals surface area contributed by atoms with Gasteiger partial charge in [0.05, 0.1) is 18.6 Å². The highest BCUT2D eigenvalue weighted by molar-refractivity contribution is 5.94. The third-order valence-corrected chi connectivity index (χ3v) is 5.20. The standard InChI is InChI=1S/C22H18O9/c1-11(23)31-15-7-17-16(28-9-29-17)6-13(15)19(20-18(25-2)8-26-22(20)24)12-4-3-5-14-21(12)30-10-27-14/h3-7,19H,8-10H2,1-2H3. The fraction of sp³-hybridized carbons (Fsp3) is 0.273. The molecule has 0 fully saturated rings. The number of carbonyl (C=O) groups is 2. The molecule has 0 aliphatic carbocycles. The van der Waals surface area contributed by atoms with E-state index in [4.69, 9.17) is 33.2 Å². The van der Waals surface area contributed by atoms with Crippen LogP contribution in [-0.4, -0.2) is 39.2 Å². The molecule has 3 aliphatic heterocycles. The molecule has 9 nitrogen and oxygen atoms in total. The Hall–Kier alpha value is -3.88. The van der Waals surface area contributed by atoms with Gasteiger partial charge >= 0.3 is 11.9 Å². The zero-order chi connectivity index (χ0) is 21.5. The Morgan fingerprint density at radius 3 is 2.48 bits per heavy atom. The Labute approximate surface area is 177 Å². The van der Waals surface area contributed by atoms with Gasteiger partial charge in [-0.25, -0.2) is 4.79 Å². The van der Waals surface area contributed by atoms with Crippen molar-refractivity contribution >= 4 is 11.9 Å². The van der Waals surface area contributed by atoms with Gasteiger partial charge in [0.15, 0.2) is 23.0 Å². The number of hydrogen-bond donors (Lipinski definition) is 0. The summed E-state index contributed by atoms with van der Waals surface area (Å²) in [4.78, 5) is 24.7. The Balaban J connectivity index is 1.78. The van der Waals surface area contributed by atoms with Crippen LogP contribution in [0, 0.1) is 0 Å². The van der Waals surface area contributed by atoms with E-state index in [0.717, 1.165) is 0 Å². The van der Waals surface area contributed by atoms with Crippen LogP contribution in [0.3, 0.4) is 0 Å². The van der Waals surface area contributed by atoms with Crippen LogP contribution in [0.25, 0.3) is 0 Å². The number of hydrogen-bond acceptors (Lipinski definition) is 9. The fourth-order valence-corrected chi connectivity index (χ4v) is 3.91. The van der Waals surface area contributed by atoms with Gasteiger partial charge in [-0.15, -0.1) is 0 Å². The maximum absolute atomic E-state index is 12.8. The van der Waals surface area contributed by atoms with Gasteiger partial charge < -0.3 is 33.2 Å². The van der Waals surface area contributed by atoms with E-state index < -0.39 is 17.9 Å². The molecule has 0 aromatic heterocycles. The summed E-state index contributed by atoms with van der Waals surface area (Å²) in [5.74, 6) is 0.726. The molecule has 0 bridgehead atoms. The molecule has 9 heteroatoms. The number of rotatable bonds is 5. The second kappa shape index (κ2) is 7.42. The molecule has 160 valence electrons. The minimum atomic E-state index is -0.745. The molecule has 31 heavy (non-hydrogen) atoms. The van der Waals surface area contributed by atoms with Crippen molar-refractivity contribution < 1.29 is 42.7 Å². The predicted octanol–water partition coefficient (Wildman–Crippen LogP) is 2.66. The third-order valence-electron chi connectivity index (χ3n) is 5.20. The second-order valence-electron chi connectivity index (χ2n) is 6.97. The summed E-state index contributed by atoms with van der Waals surface area (Å²) in [6.45, 7) is 1.39. The molecular weight excluding hydrogens is 408 g/mol. The lowest BCUT2D eigenvalue weighted by atomic mass is 9.83. The smallest absolute Gasteiger partial charge is 0.339 e. The van der Waals surface area contributed by atoms with Crippen LogP contribution >= 0.6 is 0 Å². The largest absolute Gasteiger partial charge is 0.497 e. The molecule has 2 aromatic carbocycles. The molecule has 0 radical (unpaired) electrons. The third kappa shape index (κ3) is 3.18. The van der Waals surface area contributed by atoms with Crippen LogP contribution in [0.5, 0.6) is 28.7 Å². The average molecular weight is 426 g/mol. The number of fused-ring (bicyclic) bond motifs is 2. The summed E-state index contributed by atoms with van der Waals surface area (Å²) in [5, 5.41) is 0. The lowest BCUT2D eigenvalue weighted by molar-refractivity contribution is -0.136. The Morgan fingerprint density at radius 1 is 0.968 bits per heavy atom. The normalized spacial score (nSPS) is 16.9. The van der Waals surface area contributed by atoms with Crippen molar-refractivity contribution in [1.29, 1.82) is 0 Å². The van der Waals surface area contributed by atoms with Crippen molar-refractivity contribution in [3.63, 3.8) is 0 Å². The summed E-state index contributed by atoms with van der Waals surface area (Å²) in [6, 6.07) is 8.63. The highest BCUT2D eigenvalue weighted by Gasteiger charge is 2.40. The fourth-order valence-electron chi connectivity index (χ4n) is 3.91. The first kappa shape index (κ1) is 19.1. The molecule has 3 heterocycles. The van der Waals surface area contributed by atoms with E-state index >= 15 is 0 Å². The molecule has 5 rings (SSSR count). The first-order valence-corrected chi connectivity index (χ1v) is 9.51. The summed E-state index contributed by atoms with van der Waals surface area (Å²) in [6.07, 6.45) is 0. The predicted molar refractivity (Wildman–Crippen MR) is 103 cm³/mol. The van der Waals surface area contributed by atoms with Crippen LogP contribution in [0.1, 0.15) is 24.0 Å². The number of benzene rings is 2. The van der Waals surface area contributed by atoms with E-state index in [1.54, 1.807) is 24.3 Å². The zero-order valence-corrected chi connectivity index (χ0v) is 16.8. The summed E-state index contributed by atoms with van der Waals surface area (Å²) in [5.41, 5.74) is 1.40. The van der Waals surface area contributed by atoms with Gasteiger partial charge in [-0.1, -0.05) is 12.1 Å². The molecule has 2 aromatic rings. The van der Waals surface area contributed by atoms with Gasteiger partial charge in [-0.3, -0.25) is 4.79 Å². The van der Waals surface area contributed by atoms with Crippen molar-refractivity contribution in [3.05, 3.63) is 52.8 Å². The molecular formula is C22H18O9. The topological polar surface area (TPSA) is 98.8 Å². The summed E-state index contributed by atoms with van der Waals surface area (Å²) < 4.78 is 38.4. The molecule has 3 aliphatic rings. The maximum atomic E-state index is 12.8. The van der Waals surface area contributed by atoms with Gasteiger partial charge in [0.2, 0.25) is 13.6 Å². The van der Waals surface area contributed by atoms with Gasteiger partial charge in [-0.2, -0.15) is 0 Å². The zero-order valence-electron chi connectivity index (χ0n) is 16.8. The lowest BCUT2D eigenvalue weighted by Crippen LogP contribution is -2.15. The minimum absolute atomic E-state index is 0.000991. The van der Waals surface area contributed by atoms with Crippen LogP contribution in [0.4, 0.5) is 0 Å². The highest BCUT2D eigenvalue weighted by atomic mass is 16.7. The number of esters is 2. The molecule has 0 saturated heterocycles. The Kier molecular flexibility index (Phi) is 4.58. The van der Waals surface area contributed by atoms with E-state index in [9.17, 15) is 9.59 Å². The van der Waals surface area contributed by atoms with E-state index in [-0.39, 0.29) is 31.5 Å². The number of methoxy groups -OCH3 is 1. The Bertz CT molecular complexity index is 1120. The number of cyclic esters (lactones) is 1. The van der Waals surface area contributed by atoms with Gasteiger partial charge in [0, 0.05) is 24.1 Å². The van der Waals surface area contributed by atoms with E-state index in [1.165, 1.54) is 14.0 Å². The van der Waals surface area contributed by atoms with Crippen molar-refractivity contribution in [2.75, 3.05) is 27.3 Å². The van der Waals surface area contributed by atoms with Crippen LogP contribution in [0.15, 0.2) is 41.7 Å². The van der Waals surface area contributed by atoms with Gasteiger partial charge in [0.25, 0.3) is 0 Å². The summed E-state index contributed by atoms with van der Waals surface area (Å²) in [7, 11) is 1.47. The van der Waals surface area contributed by atoms with Crippen molar-refractivity contribution in [2.24, 2.45) is 0 Å². The van der Waals surface area contributed by atoms with Gasteiger partial charge in [-0.05, 0) is 12.1 Å². The highest BCUT2D eigenvalue weighted by Crippen LogP contribution is 2.50.